The fourth-order valence-electron chi connectivity index (χ4n) is 4.52. The Labute approximate surface area is 232 Å². The highest BCUT2D eigenvalue weighted by molar-refractivity contribution is 5.96. The van der Waals surface area contributed by atoms with E-state index in [9.17, 15) is 27.2 Å². The van der Waals surface area contributed by atoms with E-state index < -0.39 is 41.0 Å². The largest absolute Gasteiger partial charge is 0.464 e. The Hall–Kier alpha value is -2.12. The van der Waals surface area contributed by atoms with Crippen molar-refractivity contribution in [1.29, 1.82) is 0 Å². The number of ether oxygens (including phenoxy) is 1. The number of amides is 1. The topological polar surface area (TPSA) is 55.4 Å². The van der Waals surface area contributed by atoms with Crippen molar-refractivity contribution in [3.8, 4) is 0 Å². The summed E-state index contributed by atoms with van der Waals surface area (Å²) in [6, 6.07) is 0.494. The molecule has 1 amide bonds. The molecule has 1 unspecified atom stereocenters. The number of halogens is 4. The Morgan fingerprint density at radius 2 is 1.18 bits per heavy atom. The number of hydrogen-bond donors (Lipinski definition) is 1. The standard InChI is InChI=1S/C31H49F4NO3/c1-3-4-5-6-7-8-9-10-11-12-13-14-15-16-17-18-19-20-21-39-30(38)25(2)36-29(37)26-22-27(31(33,34)35)24-28(32)23-26/h22-25H,3-21H2,1-2H3,(H,36,37). The molecule has 39 heavy (non-hydrogen) atoms. The predicted octanol–water partition coefficient (Wildman–Crippen LogP) is 9.55. The molecule has 1 aromatic rings. The van der Waals surface area contributed by atoms with Gasteiger partial charge >= 0.3 is 12.1 Å². The van der Waals surface area contributed by atoms with Gasteiger partial charge in [0.1, 0.15) is 11.9 Å². The Morgan fingerprint density at radius 3 is 1.62 bits per heavy atom. The maximum Gasteiger partial charge on any atom is 0.416 e. The highest BCUT2D eigenvalue weighted by Crippen LogP contribution is 2.30. The zero-order valence-electron chi connectivity index (χ0n) is 24.0. The lowest BCUT2D eigenvalue weighted by atomic mass is 10.0. The summed E-state index contributed by atoms with van der Waals surface area (Å²) in [5.74, 6) is -2.83. The normalized spacial score (nSPS) is 12.4. The highest BCUT2D eigenvalue weighted by Gasteiger charge is 2.32. The van der Waals surface area contributed by atoms with Gasteiger partial charge in [-0.25, -0.2) is 9.18 Å². The highest BCUT2D eigenvalue weighted by atomic mass is 19.4. The molecule has 0 saturated heterocycles. The molecule has 0 saturated carbocycles. The van der Waals surface area contributed by atoms with E-state index in [1.807, 2.05) is 0 Å². The molecular weight excluding hydrogens is 510 g/mol. The number of carbonyl (C=O) groups is 2. The smallest absolute Gasteiger partial charge is 0.416 e. The van der Waals surface area contributed by atoms with Crippen molar-refractivity contribution in [2.45, 2.75) is 142 Å². The second-order valence-corrected chi connectivity index (χ2v) is 10.6. The van der Waals surface area contributed by atoms with Gasteiger partial charge in [0.05, 0.1) is 12.2 Å². The van der Waals surface area contributed by atoms with Crippen LogP contribution in [0.5, 0.6) is 0 Å². The Balaban J connectivity index is 2.01. The molecule has 1 rings (SSSR count). The fraction of sp³-hybridized carbons (Fsp3) is 0.742. The van der Waals surface area contributed by atoms with E-state index >= 15 is 0 Å². The Bertz CT molecular complexity index is 814. The lowest BCUT2D eigenvalue weighted by Crippen LogP contribution is -2.39. The van der Waals surface area contributed by atoms with Crippen molar-refractivity contribution < 1.29 is 31.9 Å². The fourth-order valence-corrected chi connectivity index (χ4v) is 4.52. The van der Waals surface area contributed by atoms with E-state index in [0.29, 0.717) is 24.6 Å². The second-order valence-electron chi connectivity index (χ2n) is 10.6. The second kappa shape index (κ2) is 20.7. The zero-order chi connectivity index (χ0) is 28.9. The minimum absolute atomic E-state index is 0.218. The van der Waals surface area contributed by atoms with Gasteiger partial charge in [0, 0.05) is 5.56 Å². The van der Waals surface area contributed by atoms with Crippen LogP contribution in [0.2, 0.25) is 0 Å². The third kappa shape index (κ3) is 17.2. The van der Waals surface area contributed by atoms with Crippen LogP contribution in [0.1, 0.15) is 145 Å². The van der Waals surface area contributed by atoms with E-state index in [-0.39, 0.29) is 6.61 Å². The summed E-state index contributed by atoms with van der Waals surface area (Å²) < 4.78 is 57.2. The van der Waals surface area contributed by atoms with Crippen molar-refractivity contribution in [3.63, 3.8) is 0 Å². The number of benzene rings is 1. The number of carbonyl (C=O) groups excluding carboxylic acids is 2. The first kappa shape index (κ1) is 34.9. The zero-order valence-corrected chi connectivity index (χ0v) is 24.0. The van der Waals surface area contributed by atoms with Gasteiger partial charge in [0.2, 0.25) is 0 Å². The van der Waals surface area contributed by atoms with E-state index in [2.05, 4.69) is 12.2 Å². The molecule has 0 fully saturated rings. The summed E-state index contributed by atoms with van der Waals surface area (Å²) in [6.07, 6.45) is 17.9. The van der Waals surface area contributed by atoms with Crippen molar-refractivity contribution in [3.05, 3.63) is 35.1 Å². The van der Waals surface area contributed by atoms with Crippen molar-refractivity contribution in [2.24, 2.45) is 0 Å². The summed E-state index contributed by atoms with van der Waals surface area (Å²) in [4.78, 5) is 24.3. The van der Waals surface area contributed by atoms with Crippen LogP contribution in [-0.2, 0) is 15.7 Å². The van der Waals surface area contributed by atoms with Gasteiger partial charge in [-0.3, -0.25) is 4.79 Å². The van der Waals surface area contributed by atoms with Gasteiger partial charge in [-0.1, -0.05) is 116 Å². The van der Waals surface area contributed by atoms with Gasteiger partial charge in [-0.15, -0.1) is 0 Å². The molecule has 0 aromatic heterocycles. The van der Waals surface area contributed by atoms with E-state index in [4.69, 9.17) is 4.74 Å². The van der Waals surface area contributed by atoms with E-state index in [1.165, 1.54) is 96.8 Å². The molecule has 8 heteroatoms. The molecular formula is C31H49F4NO3. The summed E-state index contributed by atoms with van der Waals surface area (Å²) >= 11 is 0. The van der Waals surface area contributed by atoms with Gasteiger partial charge in [0.25, 0.3) is 5.91 Å². The van der Waals surface area contributed by atoms with Crippen molar-refractivity contribution >= 4 is 11.9 Å². The monoisotopic (exact) mass is 559 g/mol. The average molecular weight is 560 g/mol. The third-order valence-electron chi connectivity index (χ3n) is 6.93. The number of hydrogen-bond acceptors (Lipinski definition) is 3. The van der Waals surface area contributed by atoms with E-state index in [0.717, 1.165) is 19.3 Å². The molecule has 1 atom stereocenters. The molecule has 0 spiro atoms. The molecule has 1 aromatic carbocycles. The summed E-state index contributed by atoms with van der Waals surface area (Å²) in [5, 5.41) is 2.26. The molecule has 0 aliphatic rings. The molecule has 0 aliphatic heterocycles. The summed E-state index contributed by atoms with van der Waals surface area (Å²) in [6.45, 7) is 3.85. The average Bonchev–Trinajstić information content (AvgIpc) is 2.88. The van der Waals surface area contributed by atoms with Gasteiger partial charge < -0.3 is 10.1 Å². The van der Waals surface area contributed by atoms with Crippen LogP contribution in [0.15, 0.2) is 18.2 Å². The van der Waals surface area contributed by atoms with Crippen LogP contribution in [-0.4, -0.2) is 24.5 Å². The van der Waals surface area contributed by atoms with Crippen LogP contribution >= 0.6 is 0 Å². The lowest BCUT2D eigenvalue weighted by Gasteiger charge is -2.14. The minimum Gasteiger partial charge on any atom is -0.464 e. The Kier molecular flexibility index (Phi) is 18.6. The lowest BCUT2D eigenvalue weighted by molar-refractivity contribution is -0.145. The van der Waals surface area contributed by atoms with Gasteiger partial charge in [-0.05, 0) is 31.5 Å². The number of nitrogens with one attached hydrogen (secondary N) is 1. The SMILES string of the molecule is CCCCCCCCCCCCCCCCCCCCOC(=O)C(C)NC(=O)c1cc(F)cc(C(F)(F)F)c1. The minimum atomic E-state index is -4.78. The first-order valence-electron chi connectivity index (χ1n) is 15.0. The van der Waals surface area contributed by atoms with Gasteiger partial charge in [-0.2, -0.15) is 13.2 Å². The van der Waals surface area contributed by atoms with Crippen molar-refractivity contribution in [2.75, 3.05) is 6.61 Å². The summed E-state index contributed by atoms with van der Waals surface area (Å²) in [7, 11) is 0. The molecule has 224 valence electrons. The van der Waals surface area contributed by atoms with Crippen LogP contribution in [0.25, 0.3) is 0 Å². The number of rotatable bonds is 22. The van der Waals surface area contributed by atoms with E-state index in [1.54, 1.807) is 0 Å². The Morgan fingerprint density at radius 1 is 0.744 bits per heavy atom. The maximum absolute atomic E-state index is 13.5. The number of unbranched alkanes of at least 4 members (excludes halogenated alkanes) is 17. The predicted molar refractivity (Wildman–Crippen MR) is 148 cm³/mol. The molecule has 0 aliphatic carbocycles. The summed E-state index contributed by atoms with van der Waals surface area (Å²) in [5.41, 5.74) is -1.78. The molecule has 0 radical (unpaired) electrons. The van der Waals surface area contributed by atoms with Crippen LogP contribution < -0.4 is 5.32 Å². The number of alkyl halides is 3. The van der Waals surface area contributed by atoms with Crippen LogP contribution in [0.4, 0.5) is 17.6 Å². The van der Waals surface area contributed by atoms with Crippen molar-refractivity contribution in [1.82, 2.24) is 5.32 Å². The van der Waals surface area contributed by atoms with Crippen LogP contribution in [0, 0.1) is 5.82 Å². The first-order valence-corrected chi connectivity index (χ1v) is 15.0. The third-order valence-corrected chi connectivity index (χ3v) is 6.93. The van der Waals surface area contributed by atoms with Crippen LogP contribution in [0.3, 0.4) is 0 Å². The first-order chi connectivity index (χ1) is 18.6. The number of esters is 1. The molecule has 4 nitrogen and oxygen atoms in total. The molecule has 0 heterocycles. The molecule has 0 bridgehead atoms. The maximum atomic E-state index is 13.5. The quantitative estimate of drug-likeness (QED) is 0.0874. The molecule has 1 N–H and O–H groups in total. The van der Waals surface area contributed by atoms with Gasteiger partial charge in [0.15, 0.2) is 0 Å².